The van der Waals surface area contributed by atoms with Crippen molar-refractivity contribution < 1.29 is 47.2 Å². The Morgan fingerprint density at radius 1 is 0.673 bits per heavy atom. The van der Waals surface area contributed by atoms with Gasteiger partial charge in [-0.3, -0.25) is 18.6 Å². The minimum atomic E-state index is -4.42. The van der Waals surface area contributed by atoms with Crippen LogP contribution in [0, 0.1) is 0 Å². The highest BCUT2D eigenvalue weighted by atomic mass is 31.2. The lowest BCUT2D eigenvalue weighted by atomic mass is 10.1. The largest absolute Gasteiger partial charge is 0.472 e. The number of likely N-dealkylation sites (N-methyl/N-ethyl adjacent to an activating group) is 1. The van der Waals surface area contributed by atoms with Crippen LogP contribution in [0.4, 0.5) is 0 Å². The average molecular weight is 793 g/mol. The van der Waals surface area contributed by atoms with Crippen molar-refractivity contribution in [2.45, 2.75) is 135 Å². The molecular weight excluding hydrogens is 717 g/mol. The van der Waals surface area contributed by atoms with Crippen LogP contribution in [0.15, 0.2) is 85.1 Å². The van der Waals surface area contributed by atoms with Gasteiger partial charge >= 0.3 is 19.8 Å². The maximum Gasteiger partial charge on any atom is 0.472 e. The Kier molecular flexibility index (Phi) is 33.7. The molecule has 0 aromatic rings. The number of phosphoric ester groups is 1. The topological polar surface area (TPSA) is 129 Å². The first-order valence-corrected chi connectivity index (χ1v) is 21.9. The molecule has 11 heteroatoms. The monoisotopic (exact) mass is 793 g/mol. The number of nitrogens with zero attached hydrogens (tertiary/aromatic N) is 1. The van der Waals surface area contributed by atoms with Crippen LogP contribution in [0.25, 0.3) is 0 Å². The third kappa shape index (κ3) is 39.2. The molecule has 0 aliphatic rings. The fourth-order valence-electron chi connectivity index (χ4n) is 4.75. The number of esters is 2. The molecule has 0 saturated carbocycles. The highest BCUT2D eigenvalue weighted by Gasteiger charge is 2.27. The zero-order chi connectivity index (χ0) is 40.9. The molecule has 3 atom stereocenters. The van der Waals surface area contributed by atoms with Gasteiger partial charge < -0.3 is 24.0 Å². The fraction of sp³-hybridized carbons (Fsp3) is 0.636. The summed E-state index contributed by atoms with van der Waals surface area (Å²) < 4.78 is 34.0. The molecule has 0 aliphatic heterocycles. The Hall–Kier alpha value is -2.85. The molecule has 314 valence electrons. The first-order chi connectivity index (χ1) is 26.4. The predicted molar refractivity (Wildman–Crippen MR) is 225 cm³/mol. The molecular formula is C44H75NO9P+. The minimum absolute atomic E-state index is 0.00200. The Bertz CT molecular complexity index is 1230. The lowest BCUT2D eigenvalue weighted by molar-refractivity contribution is -0.870. The number of rotatable bonds is 35. The van der Waals surface area contributed by atoms with Crippen LogP contribution in [-0.2, 0) is 32.7 Å². The van der Waals surface area contributed by atoms with Gasteiger partial charge in [-0.2, -0.15) is 0 Å². The van der Waals surface area contributed by atoms with Crippen molar-refractivity contribution in [3.8, 4) is 0 Å². The fourth-order valence-corrected chi connectivity index (χ4v) is 5.49. The van der Waals surface area contributed by atoms with Gasteiger partial charge in [-0.25, -0.2) is 4.57 Å². The summed E-state index contributed by atoms with van der Waals surface area (Å²) in [6, 6.07) is 0. The predicted octanol–water partition coefficient (Wildman–Crippen LogP) is 10.2. The van der Waals surface area contributed by atoms with Gasteiger partial charge in [0.25, 0.3) is 0 Å². The SMILES string of the molecule is CC/C=C\C/C=C\C/C=C\C/C=C\C=C/C(O)C/C=C\CCC(=O)OC[C@H](COP(=O)(O)OCC[N+](C)(C)C)OC(=O)CCCCCCC/C=C\CCCC. The van der Waals surface area contributed by atoms with E-state index in [0.717, 1.165) is 64.2 Å². The molecule has 0 aromatic heterocycles. The van der Waals surface area contributed by atoms with Crippen molar-refractivity contribution in [2.75, 3.05) is 47.5 Å². The number of carbonyl (C=O) groups is 2. The normalized spacial score (nSPS) is 15.1. The van der Waals surface area contributed by atoms with E-state index in [1.165, 1.54) is 12.8 Å². The van der Waals surface area contributed by atoms with E-state index in [2.05, 4.69) is 62.5 Å². The highest BCUT2D eigenvalue weighted by Crippen LogP contribution is 2.43. The lowest BCUT2D eigenvalue weighted by Crippen LogP contribution is -2.37. The molecule has 0 radical (unpaired) electrons. The number of hydrogen-bond donors (Lipinski definition) is 2. The van der Waals surface area contributed by atoms with Crippen LogP contribution in [0.1, 0.15) is 123 Å². The first kappa shape index (κ1) is 52.2. The summed E-state index contributed by atoms with van der Waals surface area (Å²) in [5, 5.41) is 10.2. The maximum atomic E-state index is 12.6. The second-order valence-corrected chi connectivity index (χ2v) is 15.9. The summed E-state index contributed by atoms with van der Waals surface area (Å²) in [5.74, 6) is -1.00. The van der Waals surface area contributed by atoms with Crippen LogP contribution < -0.4 is 0 Å². The van der Waals surface area contributed by atoms with Gasteiger partial charge in [-0.05, 0) is 64.2 Å². The molecule has 0 spiro atoms. The van der Waals surface area contributed by atoms with Crippen molar-refractivity contribution >= 4 is 19.8 Å². The average Bonchev–Trinajstić information content (AvgIpc) is 3.12. The van der Waals surface area contributed by atoms with E-state index in [9.17, 15) is 24.2 Å². The summed E-state index contributed by atoms with van der Waals surface area (Å²) in [5.41, 5.74) is 0. The van der Waals surface area contributed by atoms with Crippen molar-refractivity contribution in [2.24, 2.45) is 0 Å². The number of aliphatic hydroxyl groups excluding tert-OH is 1. The maximum absolute atomic E-state index is 12.6. The van der Waals surface area contributed by atoms with Crippen molar-refractivity contribution in [3.63, 3.8) is 0 Å². The van der Waals surface area contributed by atoms with Gasteiger partial charge in [0.1, 0.15) is 19.8 Å². The Balaban J connectivity index is 4.63. The van der Waals surface area contributed by atoms with Crippen molar-refractivity contribution in [3.05, 3.63) is 85.1 Å². The van der Waals surface area contributed by atoms with Gasteiger partial charge in [0.2, 0.25) is 0 Å². The van der Waals surface area contributed by atoms with E-state index in [0.29, 0.717) is 30.3 Å². The molecule has 0 saturated heterocycles. The van der Waals surface area contributed by atoms with Crippen LogP contribution in [0.2, 0.25) is 0 Å². The zero-order valence-electron chi connectivity index (χ0n) is 34.7. The van der Waals surface area contributed by atoms with Crippen molar-refractivity contribution in [1.82, 2.24) is 0 Å². The number of ether oxygens (including phenoxy) is 2. The van der Waals surface area contributed by atoms with Gasteiger partial charge in [0.15, 0.2) is 6.10 Å². The van der Waals surface area contributed by atoms with Crippen molar-refractivity contribution in [1.29, 1.82) is 0 Å². The van der Waals surface area contributed by atoms with Gasteiger partial charge in [-0.1, -0.05) is 131 Å². The zero-order valence-corrected chi connectivity index (χ0v) is 35.6. The summed E-state index contributed by atoms with van der Waals surface area (Å²) in [6.45, 7) is 4.01. The van der Waals surface area contributed by atoms with E-state index >= 15 is 0 Å². The molecule has 0 heterocycles. The molecule has 0 fully saturated rings. The van der Waals surface area contributed by atoms with Crippen LogP contribution in [0.5, 0.6) is 0 Å². The quantitative estimate of drug-likeness (QED) is 0.0161. The molecule has 55 heavy (non-hydrogen) atoms. The summed E-state index contributed by atoms with van der Waals surface area (Å²) in [6.07, 6.45) is 41.0. The number of phosphoric acid groups is 1. The number of unbranched alkanes of at least 4 members (excludes halogenated alkanes) is 7. The Labute approximate surface area is 333 Å². The van der Waals surface area contributed by atoms with Crippen LogP contribution >= 0.6 is 7.82 Å². The third-order valence-corrected chi connectivity index (χ3v) is 8.99. The van der Waals surface area contributed by atoms with E-state index < -0.39 is 38.6 Å². The van der Waals surface area contributed by atoms with Gasteiger partial charge in [0, 0.05) is 12.8 Å². The summed E-state index contributed by atoms with van der Waals surface area (Å²) in [7, 11) is 1.36. The third-order valence-electron chi connectivity index (χ3n) is 8.00. The van der Waals surface area contributed by atoms with Crippen LogP contribution in [-0.4, -0.2) is 86.1 Å². The van der Waals surface area contributed by atoms with Crippen LogP contribution in [0.3, 0.4) is 0 Å². The standard InChI is InChI=1S/C44H74NO9P/c1-6-8-10-12-14-16-18-19-21-22-24-26-29-33-41(46)34-30-28-32-35-43(47)51-39-42(40-53-55(49,50)52-38-37-45(3,4)5)54-44(48)36-31-27-25-23-20-17-15-13-11-9-7-2/h8,10,13-16,19,21,24,26,28-30,33,41-42,46H,6-7,9,11-12,17-18,20,22-23,25,27,31-32,34-40H2,1-5H3/p+1/b10-8-,15-13-,16-14-,21-19-,26-24-,30-28-,33-29-/t41?,42-/m1/s1. The van der Waals surface area contributed by atoms with E-state index in [1.807, 2.05) is 45.4 Å². The Morgan fingerprint density at radius 2 is 1.29 bits per heavy atom. The summed E-state index contributed by atoms with van der Waals surface area (Å²) >= 11 is 0. The van der Waals surface area contributed by atoms with E-state index in [4.69, 9.17) is 18.5 Å². The Morgan fingerprint density at radius 3 is 1.96 bits per heavy atom. The first-order valence-electron chi connectivity index (χ1n) is 20.4. The molecule has 10 nitrogen and oxygen atoms in total. The number of allylic oxidation sites excluding steroid dienone is 12. The number of aliphatic hydroxyl groups is 1. The second kappa shape index (κ2) is 35.6. The molecule has 2 unspecified atom stereocenters. The highest BCUT2D eigenvalue weighted by molar-refractivity contribution is 7.47. The van der Waals surface area contributed by atoms with E-state index in [1.54, 1.807) is 12.2 Å². The smallest absolute Gasteiger partial charge is 0.462 e. The van der Waals surface area contributed by atoms with Gasteiger partial charge in [0.05, 0.1) is 33.9 Å². The number of carbonyl (C=O) groups excluding carboxylic acids is 2. The molecule has 0 aliphatic carbocycles. The molecule has 0 bridgehead atoms. The minimum Gasteiger partial charge on any atom is -0.462 e. The summed E-state index contributed by atoms with van der Waals surface area (Å²) in [4.78, 5) is 35.2. The molecule has 0 aromatic carbocycles. The molecule has 2 N–H and O–H groups in total. The number of quaternary nitrogens is 1. The molecule has 0 rings (SSSR count). The second-order valence-electron chi connectivity index (χ2n) is 14.5. The van der Waals surface area contributed by atoms with Gasteiger partial charge in [-0.15, -0.1) is 0 Å². The van der Waals surface area contributed by atoms with E-state index in [-0.39, 0.29) is 26.1 Å². The number of hydrogen-bond acceptors (Lipinski definition) is 8. The molecule has 0 amide bonds. The lowest BCUT2D eigenvalue weighted by Gasteiger charge is -2.24.